The molecule has 154 valence electrons. The molecule has 0 aliphatic rings. The minimum atomic E-state index is -4.70. The number of nitrogens with one attached hydrogen (secondary N) is 1. The maximum absolute atomic E-state index is 13.6. The summed E-state index contributed by atoms with van der Waals surface area (Å²) in [7, 11) is 0. The number of nitrogens with zero attached hydrogens (tertiary/aromatic N) is 4. The molecule has 30 heavy (non-hydrogen) atoms. The number of amides is 1. The first-order valence-electron chi connectivity index (χ1n) is 8.91. The molecule has 1 N–H and O–H groups in total. The average Bonchev–Trinajstić information content (AvgIpc) is 3.32. The van der Waals surface area contributed by atoms with Crippen LogP contribution < -0.4 is 5.32 Å². The van der Waals surface area contributed by atoms with E-state index in [1.165, 1.54) is 11.3 Å². The molecule has 1 amide bonds. The largest absolute Gasteiger partial charge is 0.433 e. The monoisotopic (exact) mass is 431 g/mol. The first kappa shape index (κ1) is 20.0. The highest BCUT2D eigenvalue weighted by atomic mass is 32.1. The van der Waals surface area contributed by atoms with Gasteiger partial charge in [0.15, 0.2) is 5.69 Å². The number of thiophene rings is 1. The molecule has 10 heteroatoms. The molecule has 0 unspecified atom stereocenters. The number of anilines is 1. The molecular weight excluding hydrogens is 415 g/mol. The molecule has 4 rings (SSSR count). The van der Waals surface area contributed by atoms with Gasteiger partial charge in [0.25, 0.3) is 11.7 Å². The second kappa shape index (κ2) is 7.21. The van der Waals surface area contributed by atoms with Crippen molar-refractivity contribution in [2.75, 3.05) is 5.32 Å². The number of alkyl halides is 3. The standard InChI is InChI=1S/C20H16F3N5OS/c1-10-7-11(2)16(12(3)8-10)25-18(29)17-26-19-24-13(14-5-4-6-30-14)9-15(20(21,22)23)28(19)27-17/h4-9H,1-3H3,(H,25,29). The summed E-state index contributed by atoms with van der Waals surface area (Å²) >= 11 is 1.26. The summed E-state index contributed by atoms with van der Waals surface area (Å²) in [6.45, 7) is 5.61. The Bertz CT molecular complexity index is 1240. The van der Waals surface area contributed by atoms with Crippen molar-refractivity contribution in [2.45, 2.75) is 26.9 Å². The molecular formula is C20H16F3N5OS. The Kier molecular flexibility index (Phi) is 4.81. The van der Waals surface area contributed by atoms with Gasteiger partial charge in [-0.25, -0.2) is 4.98 Å². The number of hydrogen-bond acceptors (Lipinski definition) is 5. The number of carbonyl (C=O) groups excluding carboxylic acids is 1. The molecule has 0 aliphatic carbocycles. The van der Waals surface area contributed by atoms with E-state index in [1.807, 2.05) is 32.9 Å². The summed E-state index contributed by atoms with van der Waals surface area (Å²) in [5.74, 6) is -1.40. The maximum atomic E-state index is 13.6. The predicted octanol–water partition coefficient (Wildman–Crippen LogP) is 5.05. The first-order valence-corrected chi connectivity index (χ1v) is 9.79. The molecule has 0 atom stereocenters. The lowest BCUT2D eigenvalue weighted by Gasteiger charge is -2.11. The van der Waals surface area contributed by atoms with Gasteiger partial charge in [-0.2, -0.15) is 22.7 Å². The number of hydrogen-bond donors (Lipinski definition) is 1. The van der Waals surface area contributed by atoms with Gasteiger partial charge < -0.3 is 5.32 Å². The van der Waals surface area contributed by atoms with E-state index in [-0.39, 0.29) is 11.5 Å². The average molecular weight is 431 g/mol. The van der Waals surface area contributed by atoms with Crippen LogP contribution in [0.4, 0.5) is 18.9 Å². The normalized spacial score (nSPS) is 11.8. The molecule has 0 radical (unpaired) electrons. The van der Waals surface area contributed by atoms with Gasteiger partial charge in [0.2, 0.25) is 5.82 Å². The third kappa shape index (κ3) is 3.65. The van der Waals surface area contributed by atoms with Crippen molar-refractivity contribution < 1.29 is 18.0 Å². The lowest BCUT2D eigenvalue weighted by molar-refractivity contribution is -0.142. The van der Waals surface area contributed by atoms with Crippen LogP contribution in [0.15, 0.2) is 35.7 Å². The molecule has 0 spiro atoms. The van der Waals surface area contributed by atoms with Crippen LogP contribution in [0.5, 0.6) is 0 Å². The van der Waals surface area contributed by atoms with Crippen LogP contribution in [0, 0.1) is 20.8 Å². The van der Waals surface area contributed by atoms with E-state index in [9.17, 15) is 18.0 Å². The van der Waals surface area contributed by atoms with E-state index in [2.05, 4.69) is 20.4 Å². The van der Waals surface area contributed by atoms with Crippen LogP contribution in [0.2, 0.25) is 0 Å². The van der Waals surface area contributed by atoms with Crippen molar-refractivity contribution in [2.24, 2.45) is 0 Å². The first-order chi connectivity index (χ1) is 14.1. The molecule has 6 nitrogen and oxygen atoms in total. The number of carbonyl (C=O) groups is 1. The van der Waals surface area contributed by atoms with E-state index in [0.29, 0.717) is 15.1 Å². The zero-order chi connectivity index (χ0) is 21.6. The SMILES string of the molecule is Cc1cc(C)c(NC(=O)c2nc3nc(-c4cccs4)cc(C(F)(F)F)n3n2)c(C)c1. The van der Waals surface area contributed by atoms with Gasteiger partial charge in [-0.3, -0.25) is 4.79 Å². The maximum Gasteiger partial charge on any atom is 0.433 e. The summed E-state index contributed by atoms with van der Waals surface area (Å²) in [5, 5.41) is 8.23. The fourth-order valence-electron chi connectivity index (χ4n) is 3.26. The lowest BCUT2D eigenvalue weighted by Crippen LogP contribution is -2.17. The fraction of sp³-hybridized carbons (Fsp3) is 0.200. The number of rotatable bonds is 3. The number of halogens is 3. The summed E-state index contributed by atoms with van der Waals surface area (Å²) in [6, 6.07) is 8.08. The Morgan fingerprint density at radius 3 is 2.40 bits per heavy atom. The minimum Gasteiger partial charge on any atom is -0.319 e. The highest BCUT2D eigenvalue weighted by molar-refractivity contribution is 7.13. The van der Waals surface area contributed by atoms with Crippen LogP contribution in [0.3, 0.4) is 0 Å². The smallest absolute Gasteiger partial charge is 0.319 e. The topological polar surface area (TPSA) is 72.2 Å². The highest BCUT2D eigenvalue weighted by Crippen LogP contribution is 2.33. The van der Waals surface area contributed by atoms with Crippen molar-refractivity contribution in [3.63, 3.8) is 0 Å². The van der Waals surface area contributed by atoms with Crippen LogP contribution in [0.1, 0.15) is 33.0 Å². The molecule has 1 aromatic carbocycles. The lowest BCUT2D eigenvalue weighted by atomic mass is 10.1. The van der Waals surface area contributed by atoms with Gasteiger partial charge in [0, 0.05) is 5.69 Å². The Morgan fingerprint density at radius 2 is 1.80 bits per heavy atom. The second-order valence-corrected chi connectivity index (χ2v) is 7.82. The van der Waals surface area contributed by atoms with E-state index < -0.39 is 23.6 Å². The Hall–Kier alpha value is -3.27. The van der Waals surface area contributed by atoms with E-state index in [0.717, 1.165) is 22.8 Å². The van der Waals surface area contributed by atoms with E-state index in [1.54, 1.807) is 17.5 Å². The van der Waals surface area contributed by atoms with E-state index in [4.69, 9.17) is 0 Å². The summed E-state index contributed by atoms with van der Waals surface area (Å²) < 4.78 is 41.4. The molecule has 0 saturated heterocycles. The highest BCUT2D eigenvalue weighted by Gasteiger charge is 2.36. The quantitative estimate of drug-likeness (QED) is 0.493. The van der Waals surface area contributed by atoms with Gasteiger partial charge in [-0.05, 0) is 49.4 Å². The predicted molar refractivity (Wildman–Crippen MR) is 108 cm³/mol. The zero-order valence-electron chi connectivity index (χ0n) is 16.2. The molecule has 4 aromatic rings. The minimum absolute atomic E-state index is 0.120. The number of benzene rings is 1. The van der Waals surface area contributed by atoms with Crippen LogP contribution in [-0.2, 0) is 6.18 Å². The third-order valence-electron chi connectivity index (χ3n) is 4.49. The molecule has 0 aliphatic heterocycles. The van der Waals surface area contributed by atoms with Crippen molar-refractivity contribution in [1.82, 2.24) is 19.6 Å². The molecule has 0 fully saturated rings. The third-order valence-corrected chi connectivity index (χ3v) is 5.39. The Labute approximate surface area is 173 Å². The summed E-state index contributed by atoms with van der Waals surface area (Å²) in [5.41, 5.74) is 2.35. The van der Waals surface area contributed by atoms with Crippen LogP contribution in [-0.4, -0.2) is 25.5 Å². The van der Waals surface area contributed by atoms with Crippen molar-refractivity contribution in [3.8, 4) is 10.6 Å². The zero-order valence-corrected chi connectivity index (χ0v) is 17.0. The molecule has 3 aromatic heterocycles. The number of fused-ring (bicyclic) bond motifs is 1. The molecule has 0 saturated carbocycles. The van der Waals surface area contributed by atoms with Gasteiger partial charge in [0.05, 0.1) is 10.6 Å². The summed E-state index contributed by atoms with van der Waals surface area (Å²) in [6.07, 6.45) is -4.70. The van der Waals surface area contributed by atoms with Crippen LogP contribution >= 0.6 is 11.3 Å². The van der Waals surface area contributed by atoms with Gasteiger partial charge in [0.1, 0.15) is 0 Å². The molecule has 0 bridgehead atoms. The fourth-order valence-corrected chi connectivity index (χ4v) is 3.95. The van der Waals surface area contributed by atoms with E-state index >= 15 is 0 Å². The molecule has 3 heterocycles. The van der Waals surface area contributed by atoms with Gasteiger partial charge in [-0.1, -0.05) is 23.8 Å². The van der Waals surface area contributed by atoms with Crippen molar-refractivity contribution in [1.29, 1.82) is 0 Å². The number of aromatic nitrogens is 4. The van der Waals surface area contributed by atoms with Crippen LogP contribution in [0.25, 0.3) is 16.3 Å². The Morgan fingerprint density at radius 1 is 1.10 bits per heavy atom. The number of aryl methyl sites for hydroxylation is 3. The Balaban J connectivity index is 1.78. The van der Waals surface area contributed by atoms with Gasteiger partial charge in [-0.15, -0.1) is 16.4 Å². The second-order valence-electron chi connectivity index (χ2n) is 6.88. The summed E-state index contributed by atoms with van der Waals surface area (Å²) in [4.78, 5) is 21.4. The van der Waals surface area contributed by atoms with Gasteiger partial charge >= 0.3 is 6.18 Å². The van der Waals surface area contributed by atoms with Crippen molar-refractivity contribution in [3.05, 3.63) is 63.9 Å². The van der Waals surface area contributed by atoms with Crippen molar-refractivity contribution >= 4 is 28.7 Å².